The molecule has 1 aromatic rings. The number of primary amides is 1. The summed E-state index contributed by atoms with van der Waals surface area (Å²) in [6.07, 6.45) is 0.778. The lowest BCUT2D eigenvalue weighted by atomic mass is 10.2. The van der Waals surface area contributed by atoms with E-state index in [-0.39, 0.29) is 30.8 Å². The van der Waals surface area contributed by atoms with Crippen molar-refractivity contribution >= 4 is 11.9 Å². The molecule has 2 rings (SSSR count). The number of nitrogens with zero attached hydrogens (tertiary/aromatic N) is 2. The Kier molecular flexibility index (Phi) is 5.71. The topological polar surface area (TPSA) is 78.7 Å². The van der Waals surface area contributed by atoms with E-state index in [4.69, 9.17) is 5.73 Å². The van der Waals surface area contributed by atoms with Gasteiger partial charge < -0.3 is 16.0 Å². The van der Waals surface area contributed by atoms with Gasteiger partial charge in [0.05, 0.1) is 6.54 Å². The van der Waals surface area contributed by atoms with Crippen LogP contribution in [-0.4, -0.2) is 54.5 Å². The summed E-state index contributed by atoms with van der Waals surface area (Å²) >= 11 is 0. The van der Waals surface area contributed by atoms with Crippen molar-refractivity contribution in [3.8, 4) is 0 Å². The van der Waals surface area contributed by atoms with Crippen LogP contribution in [0.25, 0.3) is 0 Å². The molecule has 0 radical (unpaired) electrons. The highest BCUT2D eigenvalue weighted by atomic mass is 19.1. The van der Waals surface area contributed by atoms with Crippen LogP contribution in [0, 0.1) is 5.82 Å². The van der Waals surface area contributed by atoms with E-state index in [0.717, 1.165) is 13.0 Å². The van der Waals surface area contributed by atoms with Gasteiger partial charge in [-0.05, 0) is 12.5 Å². The number of urea groups is 1. The van der Waals surface area contributed by atoms with Crippen molar-refractivity contribution in [2.24, 2.45) is 5.73 Å². The van der Waals surface area contributed by atoms with Gasteiger partial charge in [0.25, 0.3) is 0 Å². The van der Waals surface area contributed by atoms with Gasteiger partial charge in [-0.2, -0.15) is 0 Å². The van der Waals surface area contributed by atoms with E-state index in [9.17, 15) is 14.0 Å². The van der Waals surface area contributed by atoms with Crippen LogP contribution in [0.4, 0.5) is 9.18 Å². The highest BCUT2D eigenvalue weighted by Gasteiger charge is 2.19. The van der Waals surface area contributed by atoms with E-state index >= 15 is 0 Å². The van der Waals surface area contributed by atoms with E-state index in [1.807, 2.05) is 4.90 Å². The fraction of sp³-hybridized carbons (Fsp3) is 0.467. The number of rotatable bonds is 4. The smallest absolute Gasteiger partial charge is 0.317 e. The zero-order chi connectivity index (χ0) is 15.9. The predicted octanol–water partition coefficient (Wildman–Crippen LogP) is 0.528. The summed E-state index contributed by atoms with van der Waals surface area (Å²) in [4.78, 5) is 26.7. The van der Waals surface area contributed by atoms with Gasteiger partial charge >= 0.3 is 6.03 Å². The van der Waals surface area contributed by atoms with Crippen molar-refractivity contribution < 1.29 is 14.0 Å². The number of carbonyl (C=O) groups is 2. The minimum Gasteiger partial charge on any atom is -0.369 e. The van der Waals surface area contributed by atoms with Crippen LogP contribution in [0.2, 0.25) is 0 Å². The fourth-order valence-electron chi connectivity index (χ4n) is 2.48. The molecule has 1 aliphatic rings. The van der Waals surface area contributed by atoms with Crippen LogP contribution in [0.3, 0.4) is 0 Å². The third kappa shape index (κ3) is 4.70. The Morgan fingerprint density at radius 3 is 2.68 bits per heavy atom. The molecule has 0 saturated carbocycles. The number of hydrogen-bond donors (Lipinski definition) is 2. The summed E-state index contributed by atoms with van der Waals surface area (Å²) < 4.78 is 13.5. The maximum absolute atomic E-state index is 13.5. The van der Waals surface area contributed by atoms with Crippen molar-refractivity contribution in [3.05, 3.63) is 35.6 Å². The first-order valence-electron chi connectivity index (χ1n) is 7.33. The second-order valence-electron chi connectivity index (χ2n) is 5.33. The van der Waals surface area contributed by atoms with E-state index in [1.54, 1.807) is 23.1 Å². The highest BCUT2D eigenvalue weighted by Crippen LogP contribution is 2.07. The van der Waals surface area contributed by atoms with Crippen LogP contribution in [0.5, 0.6) is 0 Å². The first-order valence-corrected chi connectivity index (χ1v) is 7.33. The standard InChI is InChI=1S/C15H21FN4O2/c16-13-5-2-1-4-12(13)10-18-15(22)20-7-3-6-19(8-9-20)11-14(17)21/h1-2,4-5H,3,6-11H2,(H2,17,21)(H,18,22). The summed E-state index contributed by atoms with van der Waals surface area (Å²) in [5.41, 5.74) is 5.65. The Morgan fingerprint density at radius 2 is 1.95 bits per heavy atom. The van der Waals surface area contributed by atoms with Gasteiger partial charge in [0, 0.05) is 38.3 Å². The number of nitrogens with two attached hydrogens (primary N) is 1. The van der Waals surface area contributed by atoms with Crippen LogP contribution in [0.1, 0.15) is 12.0 Å². The van der Waals surface area contributed by atoms with E-state index < -0.39 is 0 Å². The Balaban J connectivity index is 1.83. The molecule has 1 aromatic carbocycles. The van der Waals surface area contributed by atoms with Gasteiger partial charge in [0.15, 0.2) is 0 Å². The molecule has 0 aromatic heterocycles. The highest BCUT2D eigenvalue weighted by molar-refractivity contribution is 5.76. The second kappa shape index (κ2) is 7.74. The molecule has 7 heteroatoms. The molecule has 120 valence electrons. The summed E-state index contributed by atoms with van der Waals surface area (Å²) in [6, 6.07) is 6.15. The van der Waals surface area contributed by atoms with Crippen molar-refractivity contribution in [2.75, 3.05) is 32.7 Å². The summed E-state index contributed by atoms with van der Waals surface area (Å²) in [6.45, 7) is 2.85. The maximum atomic E-state index is 13.5. The SMILES string of the molecule is NC(=O)CN1CCCN(C(=O)NCc2ccccc2F)CC1. The van der Waals surface area contributed by atoms with Gasteiger partial charge in [-0.1, -0.05) is 18.2 Å². The molecule has 3 N–H and O–H groups in total. The molecule has 0 bridgehead atoms. The summed E-state index contributed by atoms with van der Waals surface area (Å²) in [7, 11) is 0. The average molecular weight is 308 g/mol. The van der Waals surface area contributed by atoms with Crippen molar-refractivity contribution in [2.45, 2.75) is 13.0 Å². The van der Waals surface area contributed by atoms with E-state index in [2.05, 4.69) is 5.32 Å². The van der Waals surface area contributed by atoms with Gasteiger partial charge in [-0.3, -0.25) is 9.69 Å². The van der Waals surface area contributed by atoms with E-state index in [1.165, 1.54) is 6.07 Å². The van der Waals surface area contributed by atoms with Crippen molar-refractivity contribution in [1.82, 2.24) is 15.1 Å². The molecule has 6 nitrogen and oxygen atoms in total. The minimum atomic E-state index is -0.363. The molecule has 0 aliphatic carbocycles. The molecule has 1 heterocycles. The third-order valence-corrected chi connectivity index (χ3v) is 3.64. The quantitative estimate of drug-likeness (QED) is 0.851. The molecule has 1 saturated heterocycles. The van der Waals surface area contributed by atoms with E-state index in [0.29, 0.717) is 25.2 Å². The monoisotopic (exact) mass is 308 g/mol. The zero-order valence-corrected chi connectivity index (χ0v) is 12.4. The maximum Gasteiger partial charge on any atom is 0.317 e. The van der Waals surface area contributed by atoms with Crippen LogP contribution in [-0.2, 0) is 11.3 Å². The number of benzene rings is 1. The largest absolute Gasteiger partial charge is 0.369 e. The molecule has 0 spiro atoms. The number of halogens is 1. The van der Waals surface area contributed by atoms with Crippen LogP contribution < -0.4 is 11.1 Å². The third-order valence-electron chi connectivity index (χ3n) is 3.64. The molecule has 1 fully saturated rings. The molecule has 1 aliphatic heterocycles. The van der Waals surface area contributed by atoms with Gasteiger partial charge in [-0.25, -0.2) is 9.18 Å². The van der Waals surface area contributed by atoms with Crippen LogP contribution in [0.15, 0.2) is 24.3 Å². The Morgan fingerprint density at radius 1 is 1.18 bits per heavy atom. The Hall–Kier alpha value is -2.15. The minimum absolute atomic E-state index is 0.160. The zero-order valence-electron chi connectivity index (χ0n) is 12.4. The number of hydrogen-bond acceptors (Lipinski definition) is 3. The number of carbonyl (C=O) groups excluding carboxylic acids is 2. The fourth-order valence-corrected chi connectivity index (χ4v) is 2.48. The Bertz CT molecular complexity index is 538. The van der Waals surface area contributed by atoms with Crippen molar-refractivity contribution in [1.29, 1.82) is 0 Å². The van der Waals surface area contributed by atoms with Gasteiger partial charge in [0.1, 0.15) is 5.82 Å². The Labute approximate surface area is 129 Å². The molecule has 22 heavy (non-hydrogen) atoms. The number of nitrogens with one attached hydrogen (secondary N) is 1. The first kappa shape index (κ1) is 16.2. The molecule has 0 unspecified atom stereocenters. The van der Waals surface area contributed by atoms with Gasteiger partial charge in [0.2, 0.25) is 5.91 Å². The normalized spacial score (nSPS) is 16.1. The lowest BCUT2D eigenvalue weighted by Crippen LogP contribution is -2.42. The summed E-state index contributed by atoms with van der Waals surface area (Å²) in [5, 5.41) is 2.73. The molecular formula is C15H21FN4O2. The first-order chi connectivity index (χ1) is 10.6. The molecule has 3 amide bonds. The lowest BCUT2D eigenvalue weighted by Gasteiger charge is -2.21. The van der Waals surface area contributed by atoms with Gasteiger partial charge in [-0.15, -0.1) is 0 Å². The van der Waals surface area contributed by atoms with Crippen LogP contribution >= 0.6 is 0 Å². The second-order valence-corrected chi connectivity index (χ2v) is 5.33. The molecular weight excluding hydrogens is 287 g/mol. The number of amides is 3. The van der Waals surface area contributed by atoms with Crippen molar-refractivity contribution in [3.63, 3.8) is 0 Å². The average Bonchev–Trinajstić information content (AvgIpc) is 2.71. The lowest BCUT2D eigenvalue weighted by molar-refractivity contribution is -0.119. The predicted molar refractivity (Wildman–Crippen MR) is 80.5 cm³/mol. The molecule has 0 atom stereocenters. The summed E-state index contributed by atoms with van der Waals surface area (Å²) in [5.74, 6) is -0.691.